The number of azo groups is 2. The minimum Gasteiger partial charge on any atom is -0.462 e. The summed E-state index contributed by atoms with van der Waals surface area (Å²) in [6, 6.07) is 1.61. The van der Waals surface area contributed by atoms with Gasteiger partial charge in [-0.3, -0.25) is 4.79 Å². The van der Waals surface area contributed by atoms with E-state index in [2.05, 4.69) is 54.5 Å². The predicted molar refractivity (Wildman–Crippen MR) is 189 cm³/mol. The van der Waals surface area contributed by atoms with E-state index in [4.69, 9.17) is 26.4 Å². The van der Waals surface area contributed by atoms with Gasteiger partial charge in [-0.05, 0) is 39.5 Å². The highest BCUT2D eigenvalue weighted by Gasteiger charge is 2.24. The molecule has 0 fully saturated rings. The number of aliphatic hydroxyl groups excluding tert-OH is 1. The fraction of sp³-hybridized carbons (Fsp3) is 0.438. The van der Waals surface area contributed by atoms with Crippen molar-refractivity contribution in [1.29, 1.82) is 0 Å². The van der Waals surface area contributed by atoms with Gasteiger partial charge >= 0.3 is 5.97 Å². The first-order valence-electron chi connectivity index (χ1n) is 16.8. The van der Waals surface area contributed by atoms with Crippen molar-refractivity contribution in [2.45, 2.75) is 72.3 Å². The van der Waals surface area contributed by atoms with Crippen molar-refractivity contribution in [2.24, 2.45) is 34.6 Å². The molecule has 5 aromatic rings. The van der Waals surface area contributed by atoms with Crippen molar-refractivity contribution >= 4 is 46.4 Å². The van der Waals surface area contributed by atoms with Crippen LogP contribution in [0.2, 0.25) is 0 Å². The summed E-state index contributed by atoms with van der Waals surface area (Å²) < 4.78 is 10.8. The number of nitrogens with two attached hydrogens (primary N) is 2. The highest BCUT2D eigenvalue weighted by atomic mass is 16.5. The van der Waals surface area contributed by atoms with Crippen molar-refractivity contribution in [3.8, 4) is 11.6 Å². The van der Waals surface area contributed by atoms with Crippen LogP contribution in [0.3, 0.4) is 0 Å². The summed E-state index contributed by atoms with van der Waals surface area (Å²) in [5.41, 5.74) is 15.3. The third-order valence-corrected chi connectivity index (χ3v) is 7.98. The minimum atomic E-state index is -1.24. The topological polar surface area (TPSA) is 262 Å². The van der Waals surface area contributed by atoms with Crippen molar-refractivity contribution in [3.63, 3.8) is 0 Å². The lowest BCUT2D eigenvalue weighted by Crippen LogP contribution is -2.15. The Kier molecular flexibility index (Phi) is 11.6. The van der Waals surface area contributed by atoms with Gasteiger partial charge in [0.25, 0.3) is 0 Å². The van der Waals surface area contributed by atoms with Crippen LogP contribution in [0, 0.1) is 0 Å². The first-order chi connectivity index (χ1) is 25.0. The van der Waals surface area contributed by atoms with Crippen LogP contribution in [0.25, 0.3) is 11.6 Å². The Labute approximate surface area is 298 Å². The number of esters is 1. The van der Waals surface area contributed by atoms with Crippen molar-refractivity contribution in [2.75, 3.05) is 18.1 Å². The molecule has 0 amide bonds. The van der Waals surface area contributed by atoms with Gasteiger partial charge in [-0.15, -0.1) is 20.5 Å². The van der Waals surface area contributed by atoms with Crippen LogP contribution in [0.1, 0.15) is 85.5 Å². The van der Waals surface area contributed by atoms with Crippen LogP contribution >= 0.6 is 0 Å². The molecule has 274 valence electrons. The molecule has 5 heterocycles. The molecule has 0 radical (unpaired) electrons. The number of aryl methyl sites for hydroxylation is 4. The number of ketones is 1. The van der Waals surface area contributed by atoms with Gasteiger partial charge < -0.3 is 21.3 Å². The summed E-state index contributed by atoms with van der Waals surface area (Å²) in [6.07, 6.45) is 7.28. The van der Waals surface area contributed by atoms with Gasteiger partial charge in [0.05, 0.1) is 36.0 Å². The minimum absolute atomic E-state index is 0.122. The quantitative estimate of drug-likeness (QED) is 0.0711. The van der Waals surface area contributed by atoms with Crippen molar-refractivity contribution in [1.82, 2.24) is 49.1 Å². The molecule has 1 atom stereocenters. The second-order valence-electron chi connectivity index (χ2n) is 11.8. The maximum atomic E-state index is 12.6. The van der Waals surface area contributed by atoms with Gasteiger partial charge in [-0.2, -0.15) is 29.8 Å². The van der Waals surface area contributed by atoms with E-state index in [1.165, 1.54) is 44.4 Å². The largest absolute Gasteiger partial charge is 0.462 e. The van der Waals surface area contributed by atoms with Crippen molar-refractivity contribution < 1.29 is 19.4 Å². The Hall–Kier alpha value is -6.18. The number of hydrogen-bond acceptors (Lipinski definition) is 16. The molecule has 5 N–H and O–H groups in total. The predicted octanol–water partition coefficient (Wildman–Crippen LogP) is 4.74. The Morgan fingerprint density at radius 1 is 0.808 bits per heavy atom. The molecule has 5 rings (SSSR count). The molecule has 0 aliphatic rings. The Bertz CT molecular complexity index is 2120. The van der Waals surface area contributed by atoms with E-state index >= 15 is 0 Å². The molecule has 52 heavy (non-hydrogen) atoms. The number of aliphatic hydroxyl groups is 1. The molecular weight excluding hydrogens is 672 g/mol. The third-order valence-electron chi connectivity index (χ3n) is 7.98. The normalized spacial score (nSPS) is 12.4. The van der Waals surface area contributed by atoms with E-state index < -0.39 is 17.9 Å². The molecule has 0 saturated heterocycles. The van der Waals surface area contributed by atoms with Crippen LogP contribution in [0.4, 0.5) is 34.6 Å². The van der Waals surface area contributed by atoms with Gasteiger partial charge in [0.1, 0.15) is 18.0 Å². The lowest BCUT2D eigenvalue weighted by atomic mass is 10.1. The van der Waals surface area contributed by atoms with E-state index in [1.807, 2.05) is 0 Å². The van der Waals surface area contributed by atoms with Crippen LogP contribution < -0.4 is 11.5 Å². The number of rotatable bonds is 16. The number of Topliss-reactive ketones (excluding diaryl/α,β-unsaturated/α-hetero) is 1. The lowest BCUT2D eigenvalue weighted by Gasteiger charge is -2.06. The molecule has 20 nitrogen and oxygen atoms in total. The Morgan fingerprint density at radius 3 is 1.75 bits per heavy atom. The number of anilines is 2. The van der Waals surface area contributed by atoms with Crippen LogP contribution in [0.15, 0.2) is 45.2 Å². The highest BCUT2D eigenvalue weighted by Crippen LogP contribution is 2.35. The molecule has 20 heteroatoms. The zero-order chi connectivity index (χ0) is 37.5. The molecule has 0 bridgehead atoms. The zero-order valence-corrected chi connectivity index (χ0v) is 29.9. The average Bonchev–Trinajstić information content (AvgIpc) is 3.87. The molecule has 5 aromatic heterocycles. The summed E-state index contributed by atoms with van der Waals surface area (Å²) in [5, 5.41) is 45.0. The number of nitrogens with zero attached hydrogens (tertiary/aromatic N) is 14. The Balaban J connectivity index is 1.54. The fourth-order valence-electron chi connectivity index (χ4n) is 5.15. The third kappa shape index (κ3) is 7.60. The van der Waals surface area contributed by atoms with Crippen LogP contribution in [-0.2, 0) is 31.7 Å². The second kappa shape index (κ2) is 16.2. The smallest absolute Gasteiger partial charge is 0.343 e. The summed E-state index contributed by atoms with van der Waals surface area (Å²) in [7, 11) is 3.25. The summed E-state index contributed by atoms with van der Waals surface area (Å²) in [4.78, 5) is 33.9. The zero-order valence-electron chi connectivity index (χ0n) is 29.9. The molecule has 0 spiro atoms. The van der Waals surface area contributed by atoms with E-state index in [1.54, 1.807) is 27.1 Å². The number of carbonyl (C=O) groups excluding carboxylic acids is 2. The van der Waals surface area contributed by atoms with E-state index in [-0.39, 0.29) is 41.0 Å². The van der Waals surface area contributed by atoms with E-state index in [9.17, 15) is 14.7 Å². The molecule has 0 aromatic carbocycles. The standard InChI is InChI=1S/C32H42N16O4/c1-7-10-12-21-25(39-41-30-19(15-37-45(30)5)27(50)18(4)49)28(33)47(43-21)23-14-24(36-17-35-23)48-29(34)26(22(44-48)13-11-8-2)40-42-31-20(16-38-46(31)6)32(51)52-9-3/h14-18,49H,7-13,33-34H2,1-6H3. The first-order valence-corrected chi connectivity index (χ1v) is 16.8. The fourth-order valence-corrected chi connectivity index (χ4v) is 5.15. The van der Waals surface area contributed by atoms with Gasteiger partial charge in [0, 0.05) is 20.2 Å². The van der Waals surface area contributed by atoms with Gasteiger partial charge in [0.15, 0.2) is 52.1 Å². The summed E-state index contributed by atoms with van der Waals surface area (Å²) in [6.45, 7) is 7.39. The van der Waals surface area contributed by atoms with Gasteiger partial charge in [0.2, 0.25) is 0 Å². The van der Waals surface area contributed by atoms with Crippen LogP contribution in [0.5, 0.6) is 0 Å². The molecule has 0 saturated carbocycles. The van der Waals surface area contributed by atoms with Gasteiger partial charge in [-0.25, -0.2) is 24.1 Å². The number of unbranched alkanes of at least 4 members (excludes halogenated alkanes) is 2. The average molecular weight is 715 g/mol. The molecule has 0 aliphatic heterocycles. The maximum Gasteiger partial charge on any atom is 0.343 e. The number of ether oxygens (including phenoxy) is 1. The highest BCUT2D eigenvalue weighted by molar-refractivity contribution is 6.02. The maximum absolute atomic E-state index is 12.6. The molecule has 0 aliphatic carbocycles. The molecule has 1 unspecified atom stereocenters. The Morgan fingerprint density at radius 2 is 1.29 bits per heavy atom. The van der Waals surface area contributed by atoms with Gasteiger partial charge in [-0.1, -0.05) is 26.7 Å². The monoisotopic (exact) mass is 714 g/mol. The lowest BCUT2D eigenvalue weighted by molar-refractivity contribution is 0.0527. The van der Waals surface area contributed by atoms with E-state index in [0.29, 0.717) is 47.2 Å². The summed E-state index contributed by atoms with van der Waals surface area (Å²) in [5.74, 6) is 0.158. The number of carbonyl (C=O) groups is 2. The van der Waals surface area contributed by atoms with E-state index in [0.717, 1.165) is 25.7 Å². The summed E-state index contributed by atoms with van der Waals surface area (Å²) >= 11 is 0. The van der Waals surface area contributed by atoms with Crippen molar-refractivity contribution in [3.05, 3.63) is 47.3 Å². The van der Waals surface area contributed by atoms with Crippen LogP contribution in [-0.4, -0.2) is 78.7 Å². The second-order valence-corrected chi connectivity index (χ2v) is 11.8. The SMILES string of the molecule is CCCCc1nn(-c2cc(-n3nc(CCCC)c(N=Nc4c(C(=O)C(C)O)cnn4C)c3N)ncn2)c(N)c1N=Nc1c(C(=O)OCC)cnn1C. The number of hydrogen-bond donors (Lipinski definition) is 3. The molecular formula is C32H42N16O4. The number of aromatic nitrogens is 10. The number of nitrogen functional groups attached to an aromatic ring is 2. The first kappa shape index (κ1) is 37.1.